The standard InChI is InChI=1S/C17H15NO2S/c1-3-11-8-9-12-13(10-11)17(20)18(16(12)19)14-6-4-5-7-15(14)21-2/h4-10H,3H2,1-2H3. The number of rotatable bonds is 3. The van der Waals surface area contributed by atoms with E-state index < -0.39 is 0 Å². The van der Waals surface area contributed by atoms with Gasteiger partial charge in [0, 0.05) is 4.90 Å². The van der Waals surface area contributed by atoms with Crippen LogP contribution in [-0.2, 0) is 6.42 Å². The fourth-order valence-corrected chi connectivity index (χ4v) is 3.12. The van der Waals surface area contributed by atoms with Crippen molar-refractivity contribution in [3.05, 3.63) is 59.2 Å². The van der Waals surface area contributed by atoms with E-state index in [1.807, 2.05) is 49.6 Å². The lowest BCUT2D eigenvalue weighted by molar-refractivity contribution is 0.0925. The third-order valence-electron chi connectivity index (χ3n) is 3.69. The quantitative estimate of drug-likeness (QED) is 0.639. The molecule has 2 aromatic carbocycles. The van der Waals surface area contributed by atoms with Crippen LogP contribution in [0.2, 0.25) is 0 Å². The number of nitrogens with zero attached hydrogens (tertiary/aromatic N) is 1. The lowest BCUT2D eigenvalue weighted by Gasteiger charge is -2.16. The highest BCUT2D eigenvalue weighted by Crippen LogP contribution is 2.34. The molecule has 2 amide bonds. The van der Waals surface area contributed by atoms with Gasteiger partial charge in [-0.1, -0.05) is 25.1 Å². The number of amides is 2. The molecular weight excluding hydrogens is 282 g/mol. The van der Waals surface area contributed by atoms with Gasteiger partial charge in [-0.05, 0) is 42.5 Å². The molecule has 0 radical (unpaired) electrons. The van der Waals surface area contributed by atoms with Crippen LogP contribution in [0.15, 0.2) is 47.4 Å². The van der Waals surface area contributed by atoms with E-state index in [0.717, 1.165) is 16.9 Å². The number of carbonyl (C=O) groups is 2. The molecule has 1 aliphatic heterocycles. The highest BCUT2D eigenvalue weighted by atomic mass is 32.2. The van der Waals surface area contributed by atoms with Crippen molar-refractivity contribution in [2.75, 3.05) is 11.2 Å². The molecule has 2 aromatic rings. The van der Waals surface area contributed by atoms with E-state index in [1.165, 1.54) is 16.7 Å². The summed E-state index contributed by atoms with van der Waals surface area (Å²) in [6.45, 7) is 2.03. The Hall–Kier alpha value is -2.07. The van der Waals surface area contributed by atoms with Crippen molar-refractivity contribution in [2.24, 2.45) is 0 Å². The van der Waals surface area contributed by atoms with E-state index in [4.69, 9.17) is 0 Å². The summed E-state index contributed by atoms with van der Waals surface area (Å²) in [6.07, 6.45) is 2.78. The fraction of sp³-hybridized carbons (Fsp3) is 0.176. The average molecular weight is 297 g/mol. The number of anilines is 1. The Bertz CT molecular complexity index is 739. The molecule has 0 atom stereocenters. The molecule has 3 nitrogen and oxygen atoms in total. The lowest BCUT2D eigenvalue weighted by atomic mass is 10.0. The van der Waals surface area contributed by atoms with E-state index in [2.05, 4.69) is 0 Å². The summed E-state index contributed by atoms with van der Waals surface area (Å²) >= 11 is 1.53. The normalized spacial score (nSPS) is 13.7. The number of fused-ring (bicyclic) bond motifs is 1. The third-order valence-corrected chi connectivity index (χ3v) is 4.47. The Morgan fingerprint density at radius 3 is 2.43 bits per heavy atom. The van der Waals surface area contributed by atoms with Crippen molar-refractivity contribution >= 4 is 29.3 Å². The number of carbonyl (C=O) groups excluding carboxylic acids is 2. The molecule has 1 heterocycles. The smallest absolute Gasteiger partial charge is 0.266 e. The summed E-state index contributed by atoms with van der Waals surface area (Å²) < 4.78 is 0. The minimum atomic E-state index is -0.237. The molecular formula is C17H15NO2S. The summed E-state index contributed by atoms with van der Waals surface area (Å²) in [5.41, 5.74) is 2.73. The first-order valence-corrected chi connectivity index (χ1v) is 8.04. The van der Waals surface area contributed by atoms with Gasteiger partial charge in [0.15, 0.2) is 0 Å². The molecule has 106 valence electrons. The van der Waals surface area contributed by atoms with Crippen LogP contribution in [0.3, 0.4) is 0 Å². The van der Waals surface area contributed by atoms with Crippen molar-refractivity contribution in [3.63, 3.8) is 0 Å². The number of aryl methyl sites for hydroxylation is 1. The first-order valence-electron chi connectivity index (χ1n) is 6.82. The Morgan fingerprint density at radius 2 is 1.71 bits per heavy atom. The second kappa shape index (κ2) is 5.37. The second-order valence-corrected chi connectivity index (χ2v) is 5.70. The first-order chi connectivity index (χ1) is 10.2. The molecule has 3 rings (SSSR count). The van der Waals surface area contributed by atoms with Gasteiger partial charge in [-0.2, -0.15) is 0 Å². The van der Waals surface area contributed by atoms with E-state index in [-0.39, 0.29) is 11.8 Å². The predicted octanol–water partition coefficient (Wildman–Crippen LogP) is 3.77. The second-order valence-electron chi connectivity index (χ2n) is 4.85. The van der Waals surface area contributed by atoms with Gasteiger partial charge in [0.1, 0.15) is 0 Å². The van der Waals surface area contributed by atoms with E-state index in [9.17, 15) is 9.59 Å². The summed E-state index contributed by atoms with van der Waals surface area (Å²) in [5.74, 6) is -0.467. The average Bonchev–Trinajstić information content (AvgIpc) is 2.78. The molecule has 0 fully saturated rings. The topological polar surface area (TPSA) is 37.4 Å². The summed E-state index contributed by atoms with van der Waals surface area (Å²) in [6, 6.07) is 13.0. The maximum atomic E-state index is 12.6. The van der Waals surface area contributed by atoms with E-state index in [1.54, 1.807) is 6.07 Å². The van der Waals surface area contributed by atoms with E-state index in [0.29, 0.717) is 16.8 Å². The van der Waals surface area contributed by atoms with Gasteiger partial charge in [0.25, 0.3) is 11.8 Å². The van der Waals surface area contributed by atoms with Gasteiger partial charge in [0.05, 0.1) is 16.8 Å². The molecule has 0 saturated heterocycles. The Labute approximate surface area is 128 Å². The summed E-state index contributed by atoms with van der Waals surface area (Å²) in [5, 5.41) is 0. The van der Waals surface area contributed by atoms with Gasteiger partial charge in [-0.3, -0.25) is 9.59 Å². The first kappa shape index (κ1) is 13.9. The fourth-order valence-electron chi connectivity index (χ4n) is 2.54. The maximum Gasteiger partial charge on any atom is 0.266 e. The SMILES string of the molecule is CCc1ccc2c(c1)C(=O)N(c1ccccc1SC)C2=O. The molecule has 0 bridgehead atoms. The van der Waals surface area contributed by atoms with Crippen LogP contribution < -0.4 is 4.90 Å². The van der Waals surface area contributed by atoms with Crippen LogP contribution in [0, 0.1) is 0 Å². The molecule has 4 heteroatoms. The number of hydrogen-bond donors (Lipinski definition) is 0. The lowest BCUT2D eigenvalue weighted by Crippen LogP contribution is -2.29. The van der Waals surface area contributed by atoms with Gasteiger partial charge in [-0.15, -0.1) is 11.8 Å². The van der Waals surface area contributed by atoms with Crippen LogP contribution in [0.1, 0.15) is 33.2 Å². The van der Waals surface area contributed by atoms with Gasteiger partial charge >= 0.3 is 0 Å². The van der Waals surface area contributed by atoms with Crippen molar-refractivity contribution in [3.8, 4) is 0 Å². The monoisotopic (exact) mass is 297 g/mol. The zero-order valence-corrected chi connectivity index (χ0v) is 12.7. The largest absolute Gasteiger partial charge is 0.268 e. The van der Waals surface area contributed by atoms with Gasteiger partial charge in [0.2, 0.25) is 0 Å². The molecule has 21 heavy (non-hydrogen) atoms. The van der Waals surface area contributed by atoms with Gasteiger partial charge in [-0.25, -0.2) is 4.90 Å². The Balaban J connectivity index is 2.11. The van der Waals surface area contributed by atoms with Crippen LogP contribution in [0.25, 0.3) is 0 Å². The predicted molar refractivity (Wildman–Crippen MR) is 85.2 cm³/mol. The Kier molecular flexibility index (Phi) is 3.55. The van der Waals surface area contributed by atoms with Crippen molar-refractivity contribution < 1.29 is 9.59 Å². The number of para-hydroxylation sites is 1. The van der Waals surface area contributed by atoms with Gasteiger partial charge < -0.3 is 0 Å². The number of hydrogen-bond acceptors (Lipinski definition) is 3. The molecule has 0 unspecified atom stereocenters. The minimum Gasteiger partial charge on any atom is -0.268 e. The maximum absolute atomic E-state index is 12.6. The third kappa shape index (κ3) is 2.16. The molecule has 0 spiro atoms. The summed E-state index contributed by atoms with van der Waals surface area (Å²) in [4.78, 5) is 27.4. The zero-order valence-electron chi connectivity index (χ0n) is 11.9. The highest BCUT2D eigenvalue weighted by molar-refractivity contribution is 7.98. The highest BCUT2D eigenvalue weighted by Gasteiger charge is 2.37. The zero-order chi connectivity index (χ0) is 15.0. The van der Waals surface area contributed by atoms with Crippen molar-refractivity contribution in [1.29, 1.82) is 0 Å². The summed E-state index contributed by atoms with van der Waals surface area (Å²) in [7, 11) is 0. The minimum absolute atomic E-state index is 0.230. The number of benzene rings is 2. The van der Waals surface area contributed by atoms with Crippen LogP contribution in [0.4, 0.5) is 5.69 Å². The number of thioether (sulfide) groups is 1. The van der Waals surface area contributed by atoms with E-state index >= 15 is 0 Å². The van der Waals surface area contributed by atoms with Crippen molar-refractivity contribution in [2.45, 2.75) is 18.2 Å². The molecule has 0 saturated carbocycles. The van der Waals surface area contributed by atoms with Crippen LogP contribution in [0.5, 0.6) is 0 Å². The van der Waals surface area contributed by atoms with Crippen LogP contribution >= 0.6 is 11.8 Å². The molecule has 0 aromatic heterocycles. The molecule has 0 aliphatic carbocycles. The van der Waals surface area contributed by atoms with Crippen molar-refractivity contribution in [1.82, 2.24) is 0 Å². The molecule has 0 N–H and O–H groups in total. The van der Waals surface area contributed by atoms with Crippen LogP contribution in [-0.4, -0.2) is 18.1 Å². The number of imide groups is 1. The molecule has 1 aliphatic rings. The Morgan fingerprint density at radius 1 is 1.00 bits per heavy atom.